The van der Waals surface area contributed by atoms with Gasteiger partial charge in [-0.05, 0) is 25.7 Å². The predicted molar refractivity (Wildman–Crippen MR) is 149 cm³/mol. The maximum absolute atomic E-state index is 12.1. The van der Waals surface area contributed by atoms with Crippen LogP contribution < -0.4 is 34.3 Å². The Morgan fingerprint density at radius 1 is 0.894 bits per heavy atom. The van der Waals surface area contributed by atoms with E-state index in [1.54, 1.807) is 4.72 Å². The second kappa shape index (κ2) is 18.4. The minimum absolute atomic E-state index is 0. The number of aliphatic hydroxyl groups excluding tert-OH is 6. The summed E-state index contributed by atoms with van der Waals surface area (Å²) in [6, 6.07) is 0. The fourth-order valence-electron chi connectivity index (χ4n) is 6.42. The van der Waals surface area contributed by atoms with E-state index < -0.39 is 115 Å². The summed E-state index contributed by atoms with van der Waals surface area (Å²) < 4.78 is 70.2. The molecular weight excluding hydrogens is 665 g/mol. The molecule has 0 aromatic rings. The van der Waals surface area contributed by atoms with Gasteiger partial charge < -0.3 is 68.7 Å². The van der Waals surface area contributed by atoms with Crippen LogP contribution in [0.2, 0.25) is 0 Å². The average Bonchev–Trinajstić information content (AvgIpc) is 3.01. The van der Waals surface area contributed by atoms with Crippen molar-refractivity contribution in [3.05, 3.63) is 0 Å². The molecule has 14 atom stereocenters. The summed E-state index contributed by atoms with van der Waals surface area (Å²) in [5.41, 5.74) is 0. The first-order valence-electron chi connectivity index (χ1n) is 15.5. The Kier molecular flexibility index (Phi) is 16.1. The number of rotatable bonds is 13. The normalized spacial score (nSPS) is 41.1. The van der Waals surface area contributed by atoms with E-state index in [9.17, 15) is 53.5 Å². The van der Waals surface area contributed by atoms with Gasteiger partial charge in [0.2, 0.25) is 0 Å². The summed E-state index contributed by atoms with van der Waals surface area (Å²) in [4.78, 5) is 12.1. The zero-order valence-corrected chi connectivity index (χ0v) is 29.2. The Morgan fingerprint density at radius 3 is 2.17 bits per heavy atom. The van der Waals surface area contributed by atoms with Crippen molar-refractivity contribution in [3.63, 3.8) is 0 Å². The molecule has 0 spiro atoms. The van der Waals surface area contributed by atoms with Gasteiger partial charge in [0, 0.05) is 13.2 Å². The van der Waals surface area contributed by atoms with Gasteiger partial charge in [0.25, 0.3) is 0 Å². The molecule has 4 rings (SSSR count). The minimum atomic E-state index is -4.94. The topological polar surface area (TPSA) is 283 Å². The summed E-state index contributed by atoms with van der Waals surface area (Å²) >= 11 is 0. The SMILES string of the molecule is C[C@@H]1O[C@@H](O[C@@H]2[C@@H](CNS(=O)(=O)[O-])OCC[C@H]2O[C@@H]2O[C@H](CO)[C@H](O)[C@H](O[C@@H](CC3CCCCC3)C(=O)O)[C@H]2O)[C@@H](O)[C@H](O)[C@@H]1O.[Na+]. The van der Waals surface area contributed by atoms with E-state index in [2.05, 4.69) is 0 Å². The number of hydrogen-bond donors (Lipinski definition) is 8. The molecule has 0 aromatic carbocycles. The molecule has 3 aliphatic heterocycles. The number of aliphatic hydroxyl groups is 6. The van der Waals surface area contributed by atoms with Crippen LogP contribution in [0.15, 0.2) is 0 Å². The Labute approximate surface area is 294 Å². The van der Waals surface area contributed by atoms with Gasteiger partial charge in [-0.1, -0.05) is 32.1 Å². The molecule has 268 valence electrons. The third kappa shape index (κ3) is 10.9. The first-order valence-corrected chi connectivity index (χ1v) is 16.9. The molecule has 3 saturated heterocycles. The predicted octanol–water partition coefficient (Wildman–Crippen LogP) is -6.33. The van der Waals surface area contributed by atoms with Gasteiger partial charge in [-0.25, -0.2) is 17.9 Å². The van der Waals surface area contributed by atoms with Crippen molar-refractivity contribution in [2.45, 2.75) is 138 Å². The molecule has 4 aliphatic rings. The van der Waals surface area contributed by atoms with Gasteiger partial charge >= 0.3 is 35.5 Å². The number of carbonyl (C=O) groups is 1. The van der Waals surface area contributed by atoms with E-state index in [0.717, 1.165) is 32.1 Å². The van der Waals surface area contributed by atoms with E-state index in [0.29, 0.717) is 0 Å². The number of hydrogen-bond acceptors (Lipinski definition) is 16. The average molecular weight is 712 g/mol. The van der Waals surface area contributed by atoms with Crippen LogP contribution >= 0.6 is 0 Å². The van der Waals surface area contributed by atoms with Crippen molar-refractivity contribution in [1.82, 2.24) is 4.72 Å². The van der Waals surface area contributed by atoms with Gasteiger partial charge in [0.15, 0.2) is 29.0 Å². The zero-order chi connectivity index (χ0) is 33.8. The maximum Gasteiger partial charge on any atom is 1.00 e. The number of ether oxygens (including phenoxy) is 6. The van der Waals surface area contributed by atoms with Crippen LogP contribution in [0.3, 0.4) is 0 Å². The third-order valence-electron chi connectivity index (χ3n) is 9.03. The summed E-state index contributed by atoms with van der Waals surface area (Å²) in [7, 11) is -4.94. The van der Waals surface area contributed by atoms with E-state index in [1.807, 2.05) is 0 Å². The van der Waals surface area contributed by atoms with Gasteiger partial charge in [0.1, 0.15) is 48.8 Å². The number of carboxylic acid groups (broad SMARTS) is 1. The van der Waals surface area contributed by atoms with Crippen LogP contribution in [0.4, 0.5) is 0 Å². The molecule has 0 aromatic heterocycles. The summed E-state index contributed by atoms with van der Waals surface area (Å²) in [5.74, 6) is -1.21. The molecule has 3 heterocycles. The fourth-order valence-corrected chi connectivity index (χ4v) is 6.79. The molecule has 4 fully saturated rings. The van der Waals surface area contributed by atoms with Gasteiger partial charge in [-0.15, -0.1) is 0 Å². The molecule has 18 nitrogen and oxygen atoms in total. The van der Waals surface area contributed by atoms with E-state index >= 15 is 0 Å². The molecule has 0 amide bonds. The van der Waals surface area contributed by atoms with Crippen molar-refractivity contribution in [2.75, 3.05) is 19.8 Å². The summed E-state index contributed by atoms with van der Waals surface area (Å²) in [5, 5.41) is 72.8. The first-order chi connectivity index (χ1) is 21.7. The molecule has 8 N–H and O–H groups in total. The molecule has 1 saturated carbocycles. The molecule has 0 bridgehead atoms. The van der Waals surface area contributed by atoms with E-state index in [1.165, 1.54) is 6.92 Å². The van der Waals surface area contributed by atoms with Crippen molar-refractivity contribution >= 4 is 16.3 Å². The Morgan fingerprint density at radius 2 is 1.55 bits per heavy atom. The van der Waals surface area contributed by atoms with Crippen molar-refractivity contribution < 1.29 is 111 Å². The van der Waals surface area contributed by atoms with Crippen molar-refractivity contribution in [3.8, 4) is 0 Å². The molecule has 47 heavy (non-hydrogen) atoms. The maximum atomic E-state index is 12.1. The van der Waals surface area contributed by atoms with Crippen LogP contribution in [0.5, 0.6) is 0 Å². The largest absolute Gasteiger partial charge is 1.00 e. The van der Waals surface area contributed by atoms with Crippen LogP contribution in [-0.4, -0.2) is 160 Å². The Bertz CT molecular complexity index is 1090. The summed E-state index contributed by atoms with van der Waals surface area (Å²) in [6.07, 6.45) is -15.9. The third-order valence-corrected chi connectivity index (χ3v) is 9.55. The van der Waals surface area contributed by atoms with Gasteiger partial charge in [-0.3, -0.25) is 0 Å². The van der Waals surface area contributed by atoms with Crippen molar-refractivity contribution in [1.29, 1.82) is 0 Å². The van der Waals surface area contributed by atoms with E-state index in [4.69, 9.17) is 28.4 Å². The Hall–Kier alpha value is -0.140. The van der Waals surface area contributed by atoms with Crippen LogP contribution in [0.25, 0.3) is 0 Å². The van der Waals surface area contributed by atoms with Crippen LogP contribution in [0, 0.1) is 5.92 Å². The number of nitrogens with one attached hydrogen (secondary N) is 1. The van der Waals surface area contributed by atoms with Crippen LogP contribution in [-0.2, 0) is 43.5 Å². The molecule has 0 radical (unpaired) electrons. The fraction of sp³-hybridized carbons (Fsp3) is 0.963. The van der Waals surface area contributed by atoms with Gasteiger partial charge in [-0.2, -0.15) is 0 Å². The zero-order valence-electron chi connectivity index (χ0n) is 26.4. The van der Waals surface area contributed by atoms with E-state index in [-0.39, 0.29) is 54.9 Å². The summed E-state index contributed by atoms with van der Waals surface area (Å²) in [6.45, 7) is -0.0241. The number of aliphatic carboxylic acids is 1. The standard InChI is InChI=1S/C27H47NO17S.Na/c1-12-18(30)20(32)21(33)26(41-12)45-23-14(7-8-40-16(23)10-28-46(37,38)39)43-27-22(34)24(19(31)17(11-29)44-27)42-15(25(35)36)9-13-5-3-2-4-6-13;/h12-24,26-34H,2-11H2,1H3,(H,35,36)(H,37,38,39);/q;+1/p-1/t12-,14+,15-,16+,17+,18+,19-,20+,21-,22+,23-,24-,26-,27+;/m0./s1. The van der Waals surface area contributed by atoms with Crippen molar-refractivity contribution in [2.24, 2.45) is 5.92 Å². The van der Waals surface area contributed by atoms with Crippen LogP contribution in [0.1, 0.15) is 51.9 Å². The first kappa shape index (κ1) is 41.3. The van der Waals surface area contributed by atoms with Gasteiger partial charge in [0.05, 0.1) is 24.9 Å². The molecule has 1 aliphatic carbocycles. The second-order valence-electron chi connectivity index (χ2n) is 12.3. The second-order valence-corrected chi connectivity index (χ2v) is 13.5. The molecular formula is C27H46NNaO17S. The molecule has 20 heteroatoms. The quantitative estimate of drug-likeness (QED) is 0.0651. The minimum Gasteiger partial charge on any atom is -0.735 e. The monoisotopic (exact) mass is 711 g/mol. The number of carboxylic acids is 1. The molecule has 0 unspecified atom stereocenters. The Balaban J connectivity index is 0.00000600. The smallest absolute Gasteiger partial charge is 0.735 e.